The Hall–Kier alpha value is -1.37. The van der Waals surface area contributed by atoms with Gasteiger partial charge < -0.3 is 19.2 Å². The van der Waals surface area contributed by atoms with E-state index in [0.29, 0.717) is 19.0 Å². The van der Waals surface area contributed by atoms with Gasteiger partial charge in [0, 0.05) is 13.1 Å². The number of rotatable bonds is 4. The second-order valence-electron chi connectivity index (χ2n) is 4.91. The molecule has 0 aliphatic carbocycles. The van der Waals surface area contributed by atoms with E-state index in [1.165, 1.54) is 0 Å². The van der Waals surface area contributed by atoms with Crippen LogP contribution in [0.15, 0.2) is 39.4 Å². The SMILES string of the molecule is Cc1coc(C(Oc2ccccc2Br)[C@@H]2CNCCO2)n1. The second kappa shape index (κ2) is 6.60. The Balaban J connectivity index is 1.86. The van der Waals surface area contributed by atoms with Gasteiger partial charge in [-0.25, -0.2) is 4.98 Å². The average molecular weight is 353 g/mol. The third-order valence-corrected chi connectivity index (χ3v) is 3.92. The van der Waals surface area contributed by atoms with Crippen molar-refractivity contribution >= 4 is 15.9 Å². The number of ether oxygens (including phenoxy) is 2. The van der Waals surface area contributed by atoms with Gasteiger partial charge in [0.2, 0.25) is 12.0 Å². The summed E-state index contributed by atoms with van der Waals surface area (Å²) in [6, 6.07) is 7.72. The Labute approximate surface area is 131 Å². The van der Waals surface area contributed by atoms with Crippen molar-refractivity contribution in [3.63, 3.8) is 0 Å². The molecular formula is C15H17BrN2O3. The molecule has 21 heavy (non-hydrogen) atoms. The van der Waals surface area contributed by atoms with Crippen molar-refractivity contribution in [2.45, 2.75) is 19.1 Å². The van der Waals surface area contributed by atoms with Gasteiger partial charge in [0.1, 0.15) is 18.1 Å². The van der Waals surface area contributed by atoms with Gasteiger partial charge in [-0.2, -0.15) is 0 Å². The van der Waals surface area contributed by atoms with E-state index in [4.69, 9.17) is 13.9 Å². The molecule has 0 saturated carbocycles. The predicted octanol–water partition coefficient (Wildman–Crippen LogP) is 2.85. The van der Waals surface area contributed by atoms with Crippen molar-refractivity contribution in [2.75, 3.05) is 19.7 Å². The first-order valence-corrected chi connectivity index (χ1v) is 7.69. The van der Waals surface area contributed by atoms with E-state index in [9.17, 15) is 0 Å². The summed E-state index contributed by atoms with van der Waals surface area (Å²) in [5.41, 5.74) is 0.828. The Morgan fingerprint density at radius 2 is 2.29 bits per heavy atom. The minimum Gasteiger partial charge on any atom is -0.477 e. The van der Waals surface area contributed by atoms with Crippen LogP contribution in [0, 0.1) is 6.92 Å². The molecule has 112 valence electrons. The third kappa shape index (κ3) is 3.45. The number of nitrogens with one attached hydrogen (secondary N) is 1. The second-order valence-corrected chi connectivity index (χ2v) is 5.76. The molecule has 2 atom stereocenters. The first-order chi connectivity index (χ1) is 10.2. The average Bonchev–Trinajstić information content (AvgIpc) is 2.93. The minimum absolute atomic E-state index is 0.135. The summed E-state index contributed by atoms with van der Waals surface area (Å²) in [4.78, 5) is 4.40. The number of aromatic nitrogens is 1. The molecule has 1 saturated heterocycles. The van der Waals surface area contributed by atoms with Crippen LogP contribution in [0.3, 0.4) is 0 Å². The first kappa shape index (κ1) is 14.6. The molecule has 2 aromatic rings. The number of para-hydroxylation sites is 1. The predicted molar refractivity (Wildman–Crippen MR) is 81.4 cm³/mol. The number of morpholine rings is 1. The smallest absolute Gasteiger partial charge is 0.238 e. The molecule has 0 bridgehead atoms. The number of halogens is 1. The fourth-order valence-electron chi connectivity index (χ4n) is 2.25. The summed E-state index contributed by atoms with van der Waals surface area (Å²) in [5.74, 6) is 1.28. The maximum absolute atomic E-state index is 6.12. The molecule has 1 N–H and O–H groups in total. The fraction of sp³-hybridized carbons (Fsp3) is 0.400. The first-order valence-electron chi connectivity index (χ1n) is 6.89. The molecular weight excluding hydrogens is 336 g/mol. The van der Waals surface area contributed by atoms with E-state index < -0.39 is 0 Å². The Morgan fingerprint density at radius 3 is 2.95 bits per heavy atom. The van der Waals surface area contributed by atoms with E-state index in [1.54, 1.807) is 6.26 Å². The summed E-state index contributed by atoms with van der Waals surface area (Å²) in [5, 5.41) is 3.31. The quantitative estimate of drug-likeness (QED) is 0.916. The van der Waals surface area contributed by atoms with E-state index in [0.717, 1.165) is 22.5 Å². The maximum Gasteiger partial charge on any atom is 0.238 e. The number of aryl methyl sites for hydroxylation is 1. The maximum atomic E-state index is 6.12. The molecule has 0 radical (unpaired) electrons. The van der Waals surface area contributed by atoms with E-state index in [1.807, 2.05) is 31.2 Å². The highest BCUT2D eigenvalue weighted by Gasteiger charge is 2.32. The minimum atomic E-state index is -0.384. The summed E-state index contributed by atoms with van der Waals surface area (Å²) >= 11 is 3.49. The number of hydrogen-bond donors (Lipinski definition) is 1. The lowest BCUT2D eigenvalue weighted by Gasteiger charge is -2.29. The lowest BCUT2D eigenvalue weighted by molar-refractivity contribution is -0.0522. The van der Waals surface area contributed by atoms with Crippen LogP contribution < -0.4 is 10.1 Å². The molecule has 1 fully saturated rings. The molecule has 1 aliphatic heterocycles. The van der Waals surface area contributed by atoms with Gasteiger partial charge in [-0.15, -0.1) is 0 Å². The topological polar surface area (TPSA) is 56.5 Å². The molecule has 0 amide bonds. The van der Waals surface area contributed by atoms with Crippen molar-refractivity contribution in [1.29, 1.82) is 0 Å². The van der Waals surface area contributed by atoms with Crippen LogP contribution in [0.2, 0.25) is 0 Å². The lowest BCUT2D eigenvalue weighted by atomic mass is 10.1. The summed E-state index contributed by atoms with van der Waals surface area (Å²) in [7, 11) is 0. The third-order valence-electron chi connectivity index (χ3n) is 3.26. The standard InChI is InChI=1S/C15H17BrN2O3/c1-10-9-20-15(18-10)14(13-8-17-6-7-19-13)21-12-5-3-2-4-11(12)16/h2-5,9,13-14,17H,6-8H2,1H3/t13-,14?/m0/s1. The number of benzene rings is 1. The van der Waals surface area contributed by atoms with Crippen molar-refractivity contribution < 1.29 is 13.9 Å². The Kier molecular flexibility index (Phi) is 4.57. The van der Waals surface area contributed by atoms with Crippen LogP contribution in [-0.2, 0) is 4.74 Å². The zero-order chi connectivity index (χ0) is 14.7. The van der Waals surface area contributed by atoms with Crippen LogP contribution in [0.5, 0.6) is 5.75 Å². The molecule has 2 heterocycles. The largest absolute Gasteiger partial charge is 0.477 e. The molecule has 3 rings (SSSR count). The Morgan fingerprint density at radius 1 is 1.43 bits per heavy atom. The van der Waals surface area contributed by atoms with Gasteiger partial charge in [0.05, 0.1) is 16.8 Å². The number of nitrogens with zero attached hydrogens (tertiary/aromatic N) is 1. The molecule has 1 aromatic heterocycles. The normalized spacial score (nSPS) is 20.2. The van der Waals surface area contributed by atoms with Gasteiger partial charge in [0.25, 0.3) is 0 Å². The van der Waals surface area contributed by atoms with Crippen LogP contribution in [0.4, 0.5) is 0 Å². The van der Waals surface area contributed by atoms with Gasteiger partial charge in [0.15, 0.2) is 0 Å². The summed E-state index contributed by atoms with van der Waals surface area (Å²) in [6.45, 7) is 4.10. The van der Waals surface area contributed by atoms with Crippen LogP contribution in [0.1, 0.15) is 17.7 Å². The van der Waals surface area contributed by atoms with Crippen molar-refractivity contribution in [3.8, 4) is 5.75 Å². The molecule has 5 nitrogen and oxygen atoms in total. The molecule has 1 aromatic carbocycles. The van der Waals surface area contributed by atoms with Gasteiger partial charge >= 0.3 is 0 Å². The van der Waals surface area contributed by atoms with Crippen LogP contribution >= 0.6 is 15.9 Å². The Bertz CT molecular complexity index is 596. The highest BCUT2D eigenvalue weighted by Crippen LogP contribution is 2.31. The monoisotopic (exact) mass is 352 g/mol. The zero-order valence-electron chi connectivity index (χ0n) is 11.7. The van der Waals surface area contributed by atoms with Gasteiger partial charge in [-0.3, -0.25) is 0 Å². The van der Waals surface area contributed by atoms with Crippen LogP contribution in [0.25, 0.3) is 0 Å². The number of oxazole rings is 1. The fourth-order valence-corrected chi connectivity index (χ4v) is 2.62. The van der Waals surface area contributed by atoms with E-state index in [2.05, 4.69) is 26.2 Å². The number of hydrogen-bond acceptors (Lipinski definition) is 5. The summed E-state index contributed by atoms with van der Waals surface area (Å²) < 4.78 is 18.4. The highest BCUT2D eigenvalue weighted by molar-refractivity contribution is 9.10. The summed E-state index contributed by atoms with van der Waals surface area (Å²) in [6.07, 6.45) is 1.11. The zero-order valence-corrected chi connectivity index (χ0v) is 13.3. The van der Waals surface area contributed by atoms with Crippen molar-refractivity contribution in [3.05, 3.63) is 46.6 Å². The van der Waals surface area contributed by atoms with Gasteiger partial charge in [-0.1, -0.05) is 12.1 Å². The van der Waals surface area contributed by atoms with E-state index in [-0.39, 0.29) is 12.2 Å². The lowest BCUT2D eigenvalue weighted by Crippen LogP contribution is -2.43. The van der Waals surface area contributed by atoms with Crippen molar-refractivity contribution in [1.82, 2.24) is 10.3 Å². The highest BCUT2D eigenvalue weighted by atomic mass is 79.9. The molecule has 1 aliphatic rings. The van der Waals surface area contributed by atoms with Crippen molar-refractivity contribution in [2.24, 2.45) is 0 Å². The van der Waals surface area contributed by atoms with Crippen LogP contribution in [-0.4, -0.2) is 30.8 Å². The van der Waals surface area contributed by atoms with Gasteiger partial charge in [-0.05, 0) is 35.0 Å². The van der Waals surface area contributed by atoms with E-state index >= 15 is 0 Å². The molecule has 0 spiro atoms. The molecule has 1 unspecified atom stereocenters. The molecule has 6 heteroatoms.